The van der Waals surface area contributed by atoms with E-state index in [2.05, 4.69) is 34.2 Å². The lowest BCUT2D eigenvalue weighted by Crippen LogP contribution is -2.30. The summed E-state index contributed by atoms with van der Waals surface area (Å²) in [7, 11) is 2.16. The van der Waals surface area contributed by atoms with Crippen molar-refractivity contribution in [3.63, 3.8) is 0 Å². The standard InChI is InChI=1S/C18H25N3O3/c1-14-19-18(20-24-14)13-23-17-7-5-15(6-8-17)10-21(2)11-16-4-3-9-22-12-16/h5-8,16H,3-4,9-13H2,1-2H3. The van der Waals surface area contributed by atoms with Crippen LogP contribution >= 0.6 is 0 Å². The highest BCUT2D eigenvalue weighted by atomic mass is 16.5. The molecule has 1 aliphatic rings. The van der Waals surface area contributed by atoms with E-state index in [9.17, 15) is 0 Å². The second-order valence-corrected chi connectivity index (χ2v) is 6.44. The summed E-state index contributed by atoms with van der Waals surface area (Å²) in [5, 5.41) is 3.82. The maximum Gasteiger partial charge on any atom is 0.223 e. The van der Waals surface area contributed by atoms with Gasteiger partial charge in [-0.05, 0) is 43.5 Å². The van der Waals surface area contributed by atoms with Crippen molar-refractivity contribution in [1.29, 1.82) is 0 Å². The van der Waals surface area contributed by atoms with Crippen molar-refractivity contribution in [1.82, 2.24) is 15.0 Å². The largest absolute Gasteiger partial charge is 0.485 e. The molecule has 0 N–H and O–H groups in total. The van der Waals surface area contributed by atoms with Crippen LogP contribution in [0.3, 0.4) is 0 Å². The molecule has 1 aromatic carbocycles. The van der Waals surface area contributed by atoms with Crippen molar-refractivity contribution >= 4 is 0 Å². The molecule has 1 aromatic heterocycles. The maximum atomic E-state index is 5.67. The highest BCUT2D eigenvalue weighted by Crippen LogP contribution is 2.17. The fourth-order valence-corrected chi connectivity index (χ4v) is 3.01. The summed E-state index contributed by atoms with van der Waals surface area (Å²) in [6, 6.07) is 8.18. The minimum absolute atomic E-state index is 0.318. The number of aromatic nitrogens is 2. The van der Waals surface area contributed by atoms with Crippen LogP contribution in [0.2, 0.25) is 0 Å². The molecule has 6 nitrogen and oxygen atoms in total. The van der Waals surface area contributed by atoms with Crippen molar-refractivity contribution in [2.24, 2.45) is 5.92 Å². The third kappa shape index (κ3) is 5.04. The maximum absolute atomic E-state index is 5.67. The molecule has 6 heteroatoms. The Balaban J connectivity index is 1.45. The number of hydrogen-bond donors (Lipinski definition) is 0. The van der Waals surface area contributed by atoms with E-state index in [1.54, 1.807) is 6.92 Å². The van der Waals surface area contributed by atoms with Crippen LogP contribution in [0.25, 0.3) is 0 Å². The lowest BCUT2D eigenvalue weighted by molar-refractivity contribution is 0.0411. The Morgan fingerprint density at radius 3 is 2.79 bits per heavy atom. The SMILES string of the molecule is Cc1nc(COc2ccc(CN(C)CC3CCCOC3)cc2)no1. The number of ether oxygens (including phenoxy) is 2. The number of rotatable bonds is 7. The van der Waals surface area contributed by atoms with E-state index in [0.717, 1.165) is 32.1 Å². The van der Waals surface area contributed by atoms with Crippen LogP contribution in [0.4, 0.5) is 0 Å². The lowest BCUT2D eigenvalue weighted by Gasteiger charge is -2.27. The van der Waals surface area contributed by atoms with Gasteiger partial charge in [0.1, 0.15) is 5.75 Å². The van der Waals surface area contributed by atoms with Crippen LogP contribution in [-0.2, 0) is 17.9 Å². The molecule has 1 saturated heterocycles. The van der Waals surface area contributed by atoms with E-state index in [1.807, 2.05) is 12.1 Å². The molecule has 1 unspecified atom stereocenters. The molecule has 0 bridgehead atoms. The van der Waals surface area contributed by atoms with Crippen LogP contribution < -0.4 is 4.74 Å². The first-order chi connectivity index (χ1) is 11.7. The predicted molar refractivity (Wildman–Crippen MR) is 89.7 cm³/mol. The molecule has 1 fully saturated rings. The number of benzene rings is 1. The molecule has 0 amide bonds. The number of hydrogen-bond acceptors (Lipinski definition) is 6. The summed E-state index contributed by atoms with van der Waals surface area (Å²) in [5.74, 6) is 2.58. The van der Waals surface area contributed by atoms with Gasteiger partial charge in [0.05, 0.1) is 6.61 Å². The summed E-state index contributed by atoms with van der Waals surface area (Å²) < 4.78 is 16.1. The zero-order valence-electron chi connectivity index (χ0n) is 14.4. The summed E-state index contributed by atoms with van der Waals surface area (Å²) in [6.45, 7) is 5.91. The first-order valence-electron chi connectivity index (χ1n) is 8.46. The van der Waals surface area contributed by atoms with Crippen molar-refractivity contribution in [3.8, 4) is 5.75 Å². The number of nitrogens with zero attached hydrogens (tertiary/aromatic N) is 3. The Morgan fingerprint density at radius 1 is 1.29 bits per heavy atom. The molecule has 0 spiro atoms. The van der Waals surface area contributed by atoms with Crippen LogP contribution in [-0.4, -0.2) is 41.8 Å². The normalized spacial score (nSPS) is 18.0. The van der Waals surface area contributed by atoms with Crippen molar-refractivity contribution in [2.75, 3.05) is 26.8 Å². The minimum Gasteiger partial charge on any atom is -0.485 e. The average Bonchev–Trinajstić information content (AvgIpc) is 3.00. The topological polar surface area (TPSA) is 60.6 Å². The molecule has 24 heavy (non-hydrogen) atoms. The van der Waals surface area contributed by atoms with Gasteiger partial charge in [0.2, 0.25) is 11.7 Å². The molecule has 130 valence electrons. The molecule has 2 aromatic rings. The zero-order valence-corrected chi connectivity index (χ0v) is 14.4. The molecular formula is C18H25N3O3. The van der Waals surface area contributed by atoms with E-state index in [4.69, 9.17) is 14.0 Å². The molecule has 0 aliphatic carbocycles. The third-order valence-corrected chi connectivity index (χ3v) is 4.14. The first-order valence-corrected chi connectivity index (χ1v) is 8.46. The Morgan fingerprint density at radius 2 is 2.12 bits per heavy atom. The summed E-state index contributed by atoms with van der Waals surface area (Å²) >= 11 is 0. The van der Waals surface area contributed by atoms with E-state index in [-0.39, 0.29) is 0 Å². The van der Waals surface area contributed by atoms with E-state index >= 15 is 0 Å². The summed E-state index contributed by atoms with van der Waals surface area (Å²) in [5.41, 5.74) is 1.27. The minimum atomic E-state index is 0.318. The van der Waals surface area contributed by atoms with Gasteiger partial charge in [-0.1, -0.05) is 17.3 Å². The summed E-state index contributed by atoms with van der Waals surface area (Å²) in [6.07, 6.45) is 2.46. The van der Waals surface area contributed by atoms with E-state index in [1.165, 1.54) is 18.4 Å². The number of aryl methyl sites for hydroxylation is 1. The second kappa shape index (κ2) is 8.26. The molecule has 1 aliphatic heterocycles. The van der Waals surface area contributed by atoms with Gasteiger partial charge in [-0.15, -0.1) is 0 Å². The van der Waals surface area contributed by atoms with E-state index in [0.29, 0.717) is 24.2 Å². The van der Waals surface area contributed by atoms with Crippen LogP contribution in [0, 0.1) is 12.8 Å². The molecule has 2 heterocycles. The van der Waals surface area contributed by atoms with Gasteiger partial charge in [0, 0.05) is 26.6 Å². The highest BCUT2D eigenvalue weighted by Gasteiger charge is 2.15. The van der Waals surface area contributed by atoms with Gasteiger partial charge >= 0.3 is 0 Å². The zero-order chi connectivity index (χ0) is 16.8. The van der Waals surface area contributed by atoms with Crippen molar-refractivity contribution in [3.05, 3.63) is 41.5 Å². The van der Waals surface area contributed by atoms with Crippen molar-refractivity contribution < 1.29 is 14.0 Å². The molecule has 3 rings (SSSR count). The molecule has 0 radical (unpaired) electrons. The fraction of sp³-hybridized carbons (Fsp3) is 0.556. The second-order valence-electron chi connectivity index (χ2n) is 6.44. The van der Waals surface area contributed by atoms with Crippen LogP contribution in [0.1, 0.15) is 30.1 Å². The first kappa shape index (κ1) is 16.9. The summed E-state index contributed by atoms with van der Waals surface area (Å²) in [4.78, 5) is 6.48. The van der Waals surface area contributed by atoms with Gasteiger partial charge in [0.15, 0.2) is 6.61 Å². The molecule has 0 saturated carbocycles. The third-order valence-electron chi connectivity index (χ3n) is 4.14. The molecule has 1 atom stereocenters. The smallest absolute Gasteiger partial charge is 0.223 e. The van der Waals surface area contributed by atoms with Gasteiger partial charge in [-0.3, -0.25) is 0 Å². The van der Waals surface area contributed by atoms with Gasteiger partial charge in [0.25, 0.3) is 0 Å². The lowest BCUT2D eigenvalue weighted by atomic mass is 10.0. The Kier molecular flexibility index (Phi) is 5.82. The predicted octanol–water partition coefficient (Wildman–Crippen LogP) is 2.82. The highest BCUT2D eigenvalue weighted by molar-refractivity contribution is 5.27. The Hall–Kier alpha value is -1.92. The van der Waals surface area contributed by atoms with E-state index < -0.39 is 0 Å². The van der Waals surface area contributed by atoms with Crippen molar-refractivity contribution in [2.45, 2.75) is 32.9 Å². The van der Waals surface area contributed by atoms with Gasteiger partial charge < -0.3 is 18.9 Å². The average molecular weight is 331 g/mol. The Bertz CT molecular complexity index is 621. The quantitative estimate of drug-likeness (QED) is 0.777. The van der Waals surface area contributed by atoms with Gasteiger partial charge in [-0.25, -0.2) is 0 Å². The monoisotopic (exact) mass is 331 g/mol. The Labute approximate surface area is 142 Å². The van der Waals surface area contributed by atoms with Crippen LogP contribution in [0.15, 0.2) is 28.8 Å². The fourth-order valence-electron chi connectivity index (χ4n) is 3.01. The molecular weight excluding hydrogens is 306 g/mol. The van der Waals surface area contributed by atoms with Gasteiger partial charge in [-0.2, -0.15) is 4.98 Å². The van der Waals surface area contributed by atoms with Crippen LogP contribution in [0.5, 0.6) is 5.75 Å².